The van der Waals surface area contributed by atoms with Crippen molar-refractivity contribution in [2.45, 2.75) is 25.4 Å². The van der Waals surface area contributed by atoms with E-state index in [1.165, 1.54) is 29.1 Å². The summed E-state index contributed by atoms with van der Waals surface area (Å²) in [6.45, 7) is -0.629. The minimum Gasteiger partial charge on any atom is -0.364 e. The highest BCUT2D eigenvalue weighted by Crippen LogP contribution is 2.31. The number of benzene rings is 1. The van der Waals surface area contributed by atoms with Crippen LogP contribution in [0, 0.1) is 0 Å². The first-order chi connectivity index (χ1) is 12.3. The fourth-order valence-electron chi connectivity index (χ4n) is 2.95. The summed E-state index contributed by atoms with van der Waals surface area (Å²) in [5.41, 5.74) is 1.14. The van der Waals surface area contributed by atoms with Crippen LogP contribution in [0.5, 0.6) is 0 Å². The molecule has 0 spiro atoms. The lowest BCUT2D eigenvalue weighted by molar-refractivity contribution is -0.137. The van der Waals surface area contributed by atoms with Crippen LogP contribution in [0.4, 0.5) is 17.6 Å². The van der Waals surface area contributed by atoms with Gasteiger partial charge >= 0.3 is 6.18 Å². The largest absolute Gasteiger partial charge is 0.416 e. The maximum Gasteiger partial charge on any atom is 0.416 e. The van der Waals surface area contributed by atoms with Crippen molar-refractivity contribution in [1.29, 1.82) is 0 Å². The maximum atomic E-state index is 12.7. The molecule has 2 heterocycles. The van der Waals surface area contributed by atoms with Gasteiger partial charge in [0.15, 0.2) is 6.29 Å². The molecule has 4 nitrogen and oxygen atoms in total. The Labute approximate surface area is 146 Å². The van der Waals surface area contributed by atoms with E-state index < -0.39 is 24.7 Å². The predicted octanol–water partition coefficient (Wildman–Crippen LogP) is 3.60. The fourth-order valence-corrected chi connectivity index (χ4v) is 2.95. The third-order valence-electron chi connectivity index (χ3n) is 4.15. The lowest BCUT2D eigenvalue weighted by Gasteiger charge is -2.10. The number of aliphatic hydroxyl groups is 2. The number of fused-ring (bicyclic) bond motifs is 1. The van der Waals surface area contributed by atoms with Crippen molar-refractivity contribution in [2.24, 2.45) is 0 Å². The molecule has 0 saturated heterocycles. The van der Waals surface area contributed by atoms with Gasteiger partial charge in [-0.15, -0.1) is 0 Å². The molecule has 3 rings (SSSR count). The summed E-state index contributed by atoms with van der Waals surface area (Å²) < 4.78 is 52.2. The Balaban J connectivity index is 2.02. The zero-order valence-electron chi connectivity index (χ0n) is 13.5. The van der Waals surface area contributed by atoms with Gasteiger partial charge in [0.2, 0.25) is 0 Å². The van der Waals surface area contributed by atoms with Crippen LogP contribution in [0.1, 0.15) is 28.5 Å². The molecule has 2 N–H and O–H groups in total. The lowest BCUT2D eigenvalue weighted by Crippen LogP contribution is -2.04. The summed E-state index contributed by atoms with van der Waals surface area (Å²) >= 11 is 0. The second-order valence-electron chi connectivity index (χ2n) is 5.88. The van der Waals surface area contributed by atoms with E-state index in [2.05, 4.69) is 4.98 Å². The van der Waals surface area contributed by atoms with Gasteiger partial charge in [-0.05, 0) is 35.7 Å². The molecule has 0 fully saturated rings. The van der Waals surface area contributed by atoms with E-state index in [0.29, 0.717) is 22.2 Å². The van der Waals surface area contributed by atoms with Gasteiger partial charge in [0, 0.05) is 23.3 Å². The molecule has 1 aromatic carbocycles. The van der Waals surface area contributed by atoms with Gasteiger partial charge in [-0.2, -0.15) is 13.2 Å². The van der Waals surface area contributed by atoms with Gasteiger partial charge in [-0.3, -0.25) is 0 Å². The molecule has 0 atom stereocenters. The highest BCUT2D eigenvalue weighted by Gasteiger charge is 2.30. The number of alkyl halides is 4. The number of aromatic nitrogens is 2. The van der Waals surface area contributed by atoms with Gasteiger partial charge in [0.1, 0.15) is 12.3 Å². The molecule has 26 heavy (non-hydrogen) atoms. The summed E-state index contributed by atoms with van der Waals surface area (Å²) in [5.74, 6) is 0. The summed E-state index contributed by atoms with van der Waals surface area (Å²) in [5, 5.41) is 19.7. The van der Waals surface area contributed by atoms with Crippen molar-refractivity contribution in [1.82, 2.24) is 9.55 Å². The zero-order valence-corrected chi connectivity index (χ0v) is 13.5. The van der Waals surface area contributed by atoms with E-state index >= 15 is 0 Å². The Kier molecular flexibility index (Phi) is 4.97. The Bertz CT molecular complexity index is 902. The van der Waals surface area contributed by atoms with Crippen LogP contribution in [-0.4, -0.2) is 26.4 Å². The van der Waals surface area contributed by atoms with Crippen LogP contribution in [0.25, 0.3) is 11.0 Å². The summed E-state index contributed by atoms with van der Waals surface area (Å²) in [6.07, 6.45) is -2.97. The molecule has 2 aromatic heterocycles. The van der Waals surface area contributed by atoms with Gasteiger partial charge in [-0.1, -0.05) is 12.1 Å². The SMILES string of the molecule is OC(O)c1cn(CCF)c2nccc(Cc3ccc(C(F)(F)F)cc3)c12. The van der Waals surface area contributed by atoms with Crippen LogP contribution < -0.4 is 0 Å². The van der Waals surface area contributed by atoms with Crippen molar-refractivity contribution in [3.05, 3.63) is 65.0 Å². The van der Waals surface area contributed by atoms with Crippen LogP contribution >= 0.6 is 0 Å². The van der Waals surface area contributed by atoms with Crippen molar-refractivity contribution in [3.8, 4) is 0 Å². The number of nitrogens with zero attached hydrogens (tertiary/aromatic N) is 2. The Morgan fingerprint density at radius 2 is 1.77 bits per heavy atom. The second kappa shape index (κ2) is 7.05. The molecule has 138 valence electrons. The topological polar surface area (TPSA) is 58.3 Å². The minimum atomic E-state index is -4.40. The maximum absolute atomic E-state index is 12.7. The summed E-state index contributed by atoms with van der Waals surface area (Å²) in [6, 6.07) is 6.42. The van der Waals surface area contributed by atoms with E-state index in [-0.39, 0.29) is 18.5 Å². The Morgan fingerprint density at radius 1 is 1.08 bits per heavy atom. The van der Waals surface area contributed by atoms with Crippen molar-refractivity contribution >= 4 is 11.0 Å². The third-order valence-corrected chi connectivity index (χ3v) is 4.15. The highest BCUT2D eigenvalue weighted by atomic mass is 19.4. The molecule has 0 bridgehead atoms. The van der Waals surface area contributed by atoms with Crippen LogP contribution in [0.15, 0.2) is 42.7 Å². The first-order valence-electron chi connectivity index (χ1n) is 7.86. The van der Waals surface area contributed by atoms with Gasteiger partial charge < -0.3 is 14.8 Å². The van der Waals surface area contributed by atoms with Gasteiger partial charge in [-0.25, -0.2) is 9.37 Å². The predicted molar refractivity (Wildman–Crippen MR) is 87.1 cm³/mol. The number of hydrogen-bond donors (Lipinski definition) is 2. The second-order valence-corrected chi connectivity index (χ2v) is 5.88. The first kappa shape index (κ1) is 18.3. The van der Waals surface area contributed by atoms with Crippen LogP contribution in [0.2, 0.25) is 0 Å². The van der Waals surface area contributed by atoms with Crippen molar-refractivity contribution < 1.29 is 27.8 Å². The molecular weight excluding hydrogens is 352 g/mol. The number of aryl methyl sites for hydroxylation is 1. The molecule has 0 aliphatic heterocycles. The fraction of sp³-hybridized carbons (Fsp3) is 0.278. The van der Waals surface area contributed by atoms with Crippen molar-refractivity contribution in [3.63, 3.8) is 0 Å². The quantitative estimate of drug-likeness (QED) is 0.534. The molecule has 8 heteroatoms. The van der Waals surface area contributed by atoms with Gasteiger partial charge in [0.25, 0.3) is 0 Å². The number of halogens is 4. The number of hydrogen-bond acceptors (Lipinski definition) is 3. The number of pyridine rings is 1. The number of rotatable bonds is 5. The van der Waals surface area contributed by atoms with E-state index in [9.17, 15) is 27.8 Å². The monoisotopic (exact) mass is 368 g/mol. The highest BCUT2D eigenvalue weighted by molar-refractivity contribution is 5.84. The molecular formula is C18H16F4N2O2. The summed E-state index contributed by atoms with van der Waals surface area (Å²) in [4.78, 5) is 4.18. The third kappa shape index (κ3) is 3.56. The Morgan fingerprint density at radius 3 is 2.35 bits per heavy atom. The van der Waals surface area contributed by atoms with Crippen molar-refractivity contribution in [2.75, 3.05) is 6.67 Å². The normalized spacial score (nSPS) is 12.3. The molecule has 0 aliphatic carbocycles. The minimum absolute atomic E-state index is 0.0138. The molecule has 0 saturated carbocycles. The molecule has 0 unspecified atom stereocenters. The first-order valence-corrected chi connectivity index (χ1v) is 7.86. The average Bonchev–Trinajstić information content (AvgIpc) is 2.95. The van der Waals surface area contributed by atoms with Gasteiger partial charge in [0.05, 0.1) is 12.1 Å². The molecule has 3 aromatic rings. The van der Waals surface area contributed by atoms with Crippen LogP contribution in [-0.2, 0) is 19.1 Å². The van der Waals surface area contributed by atoms with Crippen LogP contribution in [0.3, 0.4) is 0 Å². The molecule has 0 aliphatic rings. The Hall–Kier alpha value is -2.45. The van der Waals surface area contributed by atoms with E-state index in [4.69, 9.17) is 0 Å². The standard InChI is InChI=1S/C18H16F4N2O2/c19-6-8-24-10-14(17(25)26)15-12(5-7-23-16(15)24)9-11-1-3-13(4-2-11)18(20,21)22/h1-5,7,10,17,25-26H,6,8-9H2. The summed E-state index contributed by atoms with van der Waals surface area (Å²) in [7, 11) is 0. The van der Waals surface area contributed by atoms with E-state index in [0.717, 1.165) is 12.1 Å². The smallest absolute Gasteiger partial charge is 0.364 e. The average molecular weight is 368 g/mol. The van der Waals surface area contributed by atoms with E-state index in [1.807, 2.05) is 0 Å². The molecule has 0 amide bonds. The molecule has 0 radical (unpaired) electrons. The van der Waals surface area contributed by atoms with E-state index in [1.54, 1.807) is 6.07 Å². The lowest BCUT2D eigenvalue weighted by atomic mass is 10.00. The zero-order chi connectivity index (χ0) is 18.9. The number of aliphatic hydroxyl groups excluding tert-OH is 1.